The molecule has 0 spiro atoms. The normalized spacial score (nSPS) is 12.9. The lowest BCUT2D eigenvalue weighted by Crippen LogP contribution is -1.94. The Hall–Kier alpha value is -0.970. The average Bonchev–Trinajstić information content (AvgIpc) is 1.88. The second-order valence-corrected chi connectivity index (χ2v) is 2.95. The lowest BCUT2D eigenvalue weighted by atomic mass is 10.6. The van der Waals surface area contributed by atoms with Crippen LogP contribution in [0.2, 0.25) is 0 Å². The van der Waals surface area contributed by atoms with Gasteiger partial charge in [0.1, 0.15) is 0 Å². The first-order valence-electron chi connectivity index (χ1n) is 2.54. The maximum Gasteiger partial charge on any atom is 0.218 e. The molecule has 0 aliphatic heterocycles. The number of hydrogen-bond acceptors (Lipinski definition) is 4. The van der Waals surface area contributed by atoms with Gasteiger partial charge in [0.05, 0.1) is 23.2 Å². The molecule has 0 bridgehead atoms. The first-order chi connectivity index (χ1) is 4.70. The molecule has 1 aromatic rings. The molecule has 5 heteroatoms. The molecule has 54 valence electrons. The van der Waals surface area contributed by atoms with Gasteiger partial charge in [-0.25, -0.2) is 9.97 Å². The summed E-state index contributed by atoms with van der Waals surface area (Å²) < 4.78 is 10.7. The third-order valence-electron chi connectivity index (χ3n) is 0.872. The Balaban J connectivity index is 3.00. The fraction of sp³-hybridized carbons (Fsp3) is 0.200. The smallest absolute Gasteiger partial charge is 0.218 e. The van der Waals surface area contributed by atoms with Crippen LogP contribution in [0.3, 0.4) is 0 Å². The first-order valence-corrected chi connectivity index (χ1v) is 4.10. The summed E-state index contributed by atoms with van der Waals surface area (Å²) in [6.45, 7) is 0. The Morgan fingerprint density at radius 1 is 1.50 bits per heavy atom. The van der Waals surface area contributed by atoms with E-state index < -0.39 is 10.8 Å². The van der Waals surface area contributed by atoms with Crippen LogP contribution in [0.15, 0.2) is 17.6 Å². The van der Waals surface area contributed by atoms with Crippen molar-refractivity contribution in [2.24, 2.45) is 0 Å². The maximum atomic E-state index is 10.7. The molecule has 1 heterocycles. The molecule has 1 rings (SSSR count). The van der Waals surface area contributed by atoms with Crippen molar-refractivity contribution in [3.8, 4) is 5.75 Å². The van der Waals surface area contributed by atoms with Crippen LogP contribution in [0.25, 0.3) is 0 Å². The van der Waals surface area contributed by atoms with Crippen LogP contribution in [0.5, 0.6) is 5.75 Å². The highest BCUT2D eigenvalue weighted by Crippen LogP contribution is 2.03. The molecule has 10 heavy (non-hydrogen) atoms. The van der Waals surface area contributed by atoms with Crippen LogP contribution >= 0.6 is 0 Å². The second kappa shape index (κ2) is 2.74. The van der Waals surface area contributed by atoms with Crippen LogP contribution in [-0.2, 0) is 10.8 Å². The minimum atomic E-state index is -1.17. The standard InChI is InChI=1S/C5H6N2O2S/c1-10(9)5-6-2-4(8)3-7-5/h2-3,8H,1H3. The number of hydrogen-bond donors (Lipinski definition) is 1. The van der Waals surface area contributed by atoms with E-state index in [-0.39, 0.29) is 10.9 Å². The molecule has 0 saturated heterocycles. The number of aromatic nitrogens is 2. The van der Waals surface area contributed by atoms with Gasteiger partial charge in [0.15, 0.2) is 5.75 Å². The number of aromatic hydroxyl groups is 1. The summed E-state index contributed by atoms with van der Waals surface area (Å²) in [5, 5.41) is 8.95. The molecular formula is C5H6N2O2S. The van der Waals surface area contributed by atoms with Crippen LogP contribution in [0.1, 0.15) is 0 Å². The van der Waals surface area contributed by atoms with Crippen molar-refractivity contribution in [2.75, 3.05) is 6.26 Å². The molecule has 0 radical (unpaired) electrons. The zero-order chi connectivity index (χ0) is 7.56. The van der Waals surface area contributed by atoms with Crippen molar-refractivity contribution >= 4 is 10.8 Å². The van der Waals surface area contributed by atoms with E-state index in [2.05, 4.69) is 9.97 Å². The van der Waals surface area contributed by atoms with Crippen molar-refractivity contribution in [3.05, 3.63) is 12.4 Å². The van der Waals surface area contributed by atoms with Crippen LogP contribution < -0.4 is 0 Å². The largest absolute Gasteiger partial charge is 0.505 e. The first kappa shape index (κ1) is 7.14. The van der Waals surface area contributed by atoms with Crippen molar-refractivity contribution in [3.63, 3.8) is 0 Å². The summed E-state index contributed by atoms with van der Waals surface area (Å²) in [5.74, 6) is -0.0193. The lowest BCUT2D eigenvalue weighted by Gasteiger charge is -1.92. The number of rotatable bonds is 1. The molecule has 0 amide bonds. The molecule has 0 aliphatic rings. The fourth-order valence-electron chi connectivity index (χ4n) is 0.458. The molecule has 0 fully saturated rings. The van der Waals surface area contributed by atoms with Gasteiger partial charge in [-0.2, -0.15) is 0 Å². The van der Waals surface area contributed by atoms with Gasteiger partial charge < -0.3 is 5.11 Å². The Bertz CT molecular complexity index is 246. The quantitative estimate of drug-likeness (QED) is 0.580. The van der Waals surface area contributed by atoms with Gasteiger partial charge in [-0.3, -0.25) is 4.21 Å². The lowest BCUT2D eigenvalue weighted by molar-refractivity contribution is 0.467. The maximum absolute atomic E-state index is 10.7. The Kier molecular flexibility index (Phi) is 1.96. The summed E-state index contributed by atoms with van der Waals surface area (Å²) in [5.41, 5.74) is 0. The minimum Gasteiger partial charge on any atom is -0.505 e. The highest BCUT2D eigenvalue weighted by Gasteiger charge is 1.98. The molecule has 1 aromatic heterocycles. The molecular weight excluding hydrogens is 152 g/mol. The second-order valence-electron chi connectivity index (χ2n) is 1.68. The van der Waals surface area contributed by atoms with Crippen LogP contribution in [0, 0.1) is 0 Å². The average molecular weight is 158 g/mol. The molecule has 4 nitrogen and oxygen atoms in total. The molecule has 0 aromatic carbocycles. The highest BCUT2D eigenvalue weighted by molar-refractivity contribution is 7.84. The van der Waals surface area contributed by atoms with E-state index >= 15 is 0 Å². The van der Waals surface area contributed by atoms with E-state index in [0.717, 1.165) is 0 Å². The van der Waals surface area contributed by atoms with E-state index in [4.69, 9.17) is 5.11 Å². The molecule has 0 aliphatic carbocycles. The van der Waals surface area contributed by atoms with Crippen LogP contribution in [-0.4, -0.2) is 25.5 Å². The topological polar surface area (TPSA) is 63.1 Å². The van der Waals surface area contributed by atoms with Crippen molar-refractivity contribution < 1.29 is 9.32 Å². The molecule has 1 atom stereocenters. The summed E-state index contributed by atoms with van der Waals surface area (Å²) in [6.07, 6.45) is 3.90. The van der Waals surface area contributed by atoms with Crippen molar-refractivity contribution in [1.82, 2.24) is 9.97 Å². The zero-order valence-corrected chi connectivity index (χ0v) is 6.13. The van der Waals surface area contributed by atoms with Gasteiger partial charge in [-0.1, -0.05) is 0 Å². The number of nitrogens with zero attached hydrogens (tertiary/aromatic N) is 2. The molecule has 1 N–H and O–H groups in total. The summed E-state index contributed by atoms with van der Waals surface area (Å²) in [7, 11) is -1.17. The third-order valence-corrected chi connectivity index (χ3v) is 1.60. The van der Waals surface area contributed by atoms with Gasteiger partial charge in [0.25, 0.3) is 0 Å². The zero-order valence-electron chi connectivity index (χ0n) is 5.31. The fourth-order valence-corrected chi connectivity index (χ4v) is 0.860. The summed E-state index contributed by atoms with van der Waals surface area (Å²) in [4.78, 5) is 7.23. The molecule has 1 unspecified atom stereocenters. The SMILES string of the molecule is CS(=O)c1ncc(O)cn1. The monoisotopic (exact) mass is 158 g/mol. The van der Waals surface area contributed by atoms with Gasteiger partial charge in [0, 0.05) is 6.26 Å². The third kappa shape index (κ3) is 1.51. The Labute approximate surface area is 60.4 Å². The Morgan fingerprint density at radius 3 is 2.40 bits per heavy atom. The van der Waals surface area contributed by atoms with Crippen molar-refractivity contribution in [1.29, 1.82) is 0 Å². The van der Waals surface area contributed by atoms with Gasteiger partial charge in [-0.05, 0) is 0 Å². The van der Waals surface area contributed by atoms with E-state index in [1.54, 1.807) is 0 Å². The minimum absolute atomic E-state index is 0.0193. The van der Waals surface area contributed by atoms with E-state index in [9.17, 15) is 4.21 Å². The predicted molar refractivity (Wildman–Crippen MR) is 36.0 cm³/mol. The van der Waals surface area contributed by atoms with Crippen molar-refractivity contribution in [2.45, 2.75) is 5.16 Å². The van der Waals surface area contributed by atoms with Gasteiger partial charge in [0.2, 0.25) is 5.16 Å². The van der Waals surface area contributed by atoms with E-state index in [1.807, 2.05) is 0 Å². The summed E-state index contributed by atoms with van der Waals surface area (Å²) in [6, 6.07) is 0. The predicted octanol–water partition coefficient (Wildman–Crippen LogP) is -0.0804. The Morgan fingerprint density at radius 2 is 2.00 bits per heavy atom. The summed E-state index contributed by atoms with van der Waals surface area (Å²) >= 11 is 0. The van der Waals surface area contributed by atoms with E-state index in [0.29, 0.717) is 0 Å². The van der Waals surface area contributed by atoms with Gasteiger partial charge >= 0.3 is 0 Å². The van der Waals surface area contributed by atoms with E-state index in [1.165, 1.54) is 18.6 Å². The van der Waals surface area contributed by atoms with Crippen LogP contribution in [0.4, 0.5) is 0 Å². The van der Waals surface area contributed by atoms with Gasteiger partial charge in [-0.15, -0.1) is 0 Å². The molecule has 0 saturated carbocycles. The highest BCUT2D eigenvalue weighted by atomic mass is 32.2.